The molecule has 7 heteroatoms. The summed E-state index contributed by atoms with van der Waals surface area (Å²) < 4.78 is 19.0. The molecule has 2 atom stereocenters. The molecule has 0 aliphatic rings. The highest BCUT2D eigenvalue weighted by molar-refractivity contribution is 6.74. The van der Waals surface area contributed by atoms with Gasteiger partial charge in [-0.15, -0.1) is 0 Å². The van der Waals surface area contributed by atoms with E-state index in [0.717, 1.165) is 10.5 Å². The van der Waals surface area contributed by atoms with Crippen molar-refractivity contribution in [3.8, 4) is 0 Å². The molecule has 0 aliphatic heterocycles. The summed E-state index contributed by atoms with van der Waals surface area (Å²) in [5.41, 5.74) is 0.785. The number of carbonyl (C=O) groups is 2. The Morgan fingerprint density at radius 1 is 1.27 bits per heavy atom. The fourth-order valence-corrected chi connectivity index (χ4v) is 3.62. The maximum Gasteiger partial charge on any atom is 0.410 e. The van der Waals surface area contributed by atoms with Crippen LogP contribution in [0.5, 0.6) is 0 Å². The minimum atomic E-state index is -2.24. The second kappa shape index (κ2) is 8.68. The van der Waals surface area contributed by atoms with E-state index in [1.54, 1.807) is 19.1 Å². The lowest BCUT2D eigenvalue weighted by Gasteiger charge is -2.40. The van der Waals surface area contributed by atoms with Gasteiger partial charge in [0, 0.05) is 8.39 Å². The molecule has 1 N–H and O–H groups in total. The van der Waals surface area contributed by atoms with Crippen LogP contribution in [0.25, 0.3) is 0 Å². The molecule has 1 amide bonds. The van der Waals surface area contributed by atoms with Gasteiger partial charge in [-0.1, -0.05) is 51.1 Å². The van der Waals surface area contributed by atoms with Crippen molar-refractivity contribution in [2.75, 3.05) is 7.02 Å². The molecule has 0 heterocycles. The Labute approximate surface area is 158 Å². The fraction of sp³-hybridized carbons (Fsp3) is 0.579. The number of carboxylic acid groups (broad SMARTS) is 1. The second-order valence-electron chi connectivity index (χ2n) is 7.88. The van der Waals surface area contributed by atoms with Gasteiger partial charge in [-0.2, -0.15) is 0 Å². The van der Waals surface area contributed by atoms with Gasteiger partial charge >= 0.3 is 12.1 Å². The molecular weight excluding hydrogens is 350 g/mol. The molecule has 0 spiro atoms. The van der Waals surface area contributed by atoms with Crippen molar-refractivity contribution < 1.29 is 25.2 Å². The maximum atomic E-state index is 12.4. The van der Waals surface area contributed by atoms with Crippen molar-refractivity contribution in [1.82, 2.24) is 4.90 Å². The van der Waals surface area contributed by atoms with Gasteiger partial charge in [0.15, 0.2) is 14.4 Å². The van der Waals surface area contributed by atoms with Gasteiger partial charge in [-0.25, -0.2) is 9.59 Å². The molecular formula is C19H31NO5Si. The Morgan fingerprint density at radius 3 is 2.31 bits per heavy atom. The van der Waals surface area contributed by atoms with E-state index in [1.807, 2.05) is 31.3 Å². The molecule has 26 heavy (non-hydrogen) atoms. The van der Waals surface area contributed by atoms with E-state index in [9.17, 15) is 14.7 Å². The molecule has 0 unspecified atom stereocenters. The van der Waals surface area contributed by atoms with Crippen LogP contribution >= 0.6 is 0 Å². The topological polar surface area (TPSA) is 76.1 Å². The highest BCUT2D eigenvalue weighted by atomic mass is 28.4. The Bertz CT molecular complexity index is 633. The van der Waals surface area contributed by atoms with Crippen LogP contribution in [-0.4, -0.2) is 49.6 Å². The van der Waals surface area contributed by atoms with Crippen LogP contribution in [0.15, 0.2) is 30.3 Å². The van der Waals surface area contributed by atoms with Gasteiger partial charge < -0.3 is 14.3 Å². The highest BCUT2D eigenvalue weighted by Gasteiger charge is 2.42. The number of ether oxygens (including phenoxy) is 1. The molecule has 0 fully saturated rings. The minimum absolute atomic E-state index is 0.0139. The van der Waals surface area contributed by atoms with Gasteiger partial charge in [0.05, 0.1) is 6.10 Å². The summed E-state index contributed by atoms with van der Waals surface area (Å²) in [7, 11) is -2.78. The summed E-state index contributed by atoms with van der Waals surface area (Å²) in [6.07, 6.45) is -1.61. The van der Waals surface area contributed by atoms with Crippen molar-refractivity contribution in [2.45, 2.75) is 64.6 Å². The third-order valence-corrected chi connectivity index (χ3v) is 9.33. The lowest BCUT2D eigenvalue weighted by Crippen LogP contribution is -2.54. The normalized spacial score (nSPS) is 14.9. The van der Waals surface area contributed by atoms with Crippen molar-refractivity contribution in [1.29, 1.82) is 0 Å². The van der Waals surface area contributed by atoms with Crippen LogP contribution < -0.4 is 0 Å². The van der Waals surface area contributed by atoms with Crippen molar-refractivity contribution in [2.24, 2.45) is 0 Å². The number of hydrogen-bond donors (Lipinski definition) is 1. The number of amides is 1. The highest BCUT2D eigenvalue weighted by Crippen LogP contribution is 2.37. The Kier molecular flexibility index (Phi) is 6.83. The number of benzene rings is 1. The first-order valence-electron chi connectivity index (χ1n) is 9.28. The van der Waals surface area contributed by atoms with Crippen LogP contribution in [0, 0.1) is 0 Å². The molecule has 0 radical (unpaired) electrons. The number of rotatable bonds is 7. The SMILES string of the molecule is [2H]CN(C(=O)OCc1ccccc1)[C@H](C(=O)O)[C@@H](C)O[Si](C)(C)C(C)(C)C. The number of carbonyl (C=O) groups excluding carboxylic acids is 1. The zero-order chi connectivity index (χ0) is 20.8. The summed E-state index contributed by atoms with van der Waals surface area (Å²) in [5.74, 6) is -1.22. The van der Waals surface area contributed by atoms with Gasteiger partial charge in [0.25, 0.3) is 0 Å². The monoisotopic (exact) mass is 382 g/mol. The van der Waals surface area contributed by atoms with Crippen LogP contribution in [-0.2, 0) is 20.6 Å². The third kappa shape index (κ3) is 5.84. The van der Waals surface area contributed by atoms with E-state index < -0.39 is 39.5 Å². The van der Waals surface area contributed by atoms with E-state index in [4.69, 9.17) is 10.5 Å². The lowest BCUT2D eigenvalue weighted by molar-refractivity contribution is -0.145. The maximum absolute atomic E-state index is 12.4. The minimum Gasteiger partial charge on any atom is -0.480 e. The molecule has 1 aromatic rings. The first kappa shape index (κ1) is 20.4. The van der Waals surface area contributed by atoms with E-state index >= 15 is 0 Å². The predicted molar refractivity (Wildman–Crippen MR) is 104 cm³/mol. The van der Waals surface area contributed by atoms with E-state index in [1.165, 1.54) is 0 Å². The zero-order valence-electron chi connectivity index (χ0n) is 17.5. The van der Waals surface area contributed by atoms with E-state index in [2.05, 4.69) is 20.8 Å². The summed E-state index contributed by atoms with van der Waals surface area (Å²) in [6.45, 7) is 11.8. The summed E-state index contributed by atoms with van der Waals surface area (Å²) in [6, 6.07) is 7.80. The van der Waals surface area contributed by atoms with Crippen molar-refractivity contribution in [3.63, 3.8) is 0 Å². The van der Waals surface area contributed by atoms with Crippen LogP contribution in [0.2, 0.25) is 18.1 Å². The molecule has 1 rings (SSSR count). The lowest BCUT2D eigenvalue weighted by atomic mass is 10.1. The van der Waals surface area contributed by atoms with E-state index in [-0.39, 0.29) is 11.6 Å². The summed E-state index contributed by atoms with van der Waals surface area (Å²) in [5, 5.41) is 9.57. The number of nitrogens with zero attached hydrogens (tertiary/aromatic N) is 1. The Morgan fingerprint density at radius 2 is 1.85 bits per heavy atom. The molecule has 6 nitrogen and oxygen atoms in total. The first-order valence-corrected chi connectivity index (χ1v) is 11.5. The van der Waals surface area contributed by atoms with Gasteiger partial charge in [0.1, 0.15) is 6.61 Å². The predicted octanol–water partition coefficient (Wildman–Crippen LogP) is 4.12. The van der Waals surface area contributed by atoms with Crippen molar-refractivity contribution >= 4 is 20.4 Å². The fourth-order valence-electron chi connectivity index (χ4n) is 2.21. The van der Waals surface area contributed by atoms with Crippen LogP contribution in [0.1, 0.15) is 34.6 Å². The molecule has 0 aromatic heterocycles. The number of carboxylic acids is 1. The molecule has 0 bridgehead atoms. The molecule has 1 aromatic carbocycles. The Hall–Kier alpha value is -1.86. The average Bonchev–Trinajstić information content (AvgIpc) is 2.56. The average molecular weight is 383 g/mol. The summed E-state index contributed by atoms with van der Waals surface area (Å²) in [4.78, 5) is 25.2. The standard InChI is InChI=1S/C19H31NO5Si/c1-14(25-26(6,7)19(2,3)4)16(17(21)22)20(5)18(23)24-13-15-11-9-8-10-12-15/h8-12,14,16H,13H2,1-7H3,(H,21,22)/t14-,16+/m1/s1/i5D. The third-order valence-electron chi connectivity index (χ3n) is 4.76. The van der Waals surface area contributed by atoms with Crippen LogP contribution in [0.3, 0.4) is 0 Å². The largest absolute Gasteiger partial charge is 0.480 e. The van der Waals surface area contributed by atoms with Crippen LogP contribution in [0.4, 0.5) is 4.79 Å². The molecule has 146 valence electrons. The second-order valence-corrected chi connectivity index (χ2v) is 12.6. The quantitative estimate of drug-likeness (QED) is 0.718. The van der Waals surface area contributed by atoms with Gasteiger partial charge in [-0.3, -0.25) is 4.90 Å². The molecule has 0 saturated carbocycles. The Balaban J connectivity index is 2.91. The number of likely N-dealkylation sites (N-methyl/N-ethyl adjacent to an activating group) is 1. The number of aliphatic carboxylic acids is 1. The van der Waals surface area contributed by atoms with E-state index in [0.29, 0.717) is 0 Å². The summed E-state index contributed by atoms with van der Waals surface area (Å²) >= 11 is 0. The van der Waals surface area contributed by atoms with Crippen molar-refractivity contribution in [3.05, 3.63) is 35.9 Å². The number of hydrogen-bond acceptors (Lipinski definition) is 4. The molecule has 0 saturated heterocycles. The van der Waals surface area contributed by atoms with Gasteiger partial charge in [0.2, 0.25) is 0 Å². The van der Waals surface area contributed by atoms with Gasteiger partial charge in [-0.05, 0) is 30.6 Å². The smallest absolute Gasteiger partial charge is 0.410 e. The first-order chi connectivity index (χ1) is 12.4. The molecule has 0 aliphatic carbocycles. The zero-order valence-corrected chi connectivity index (χ0v) is 17.5.